The van der Waals surface area contributed by atoms with Gasteiger partial charge in [0.25, 0.3) is 5.91 Å². The molecule has 0 saturated carbocycles. The first-order valence-corrected chi connectivity index (χ1v) is 6.86. The van der Waals surface area contributed by atoms with E-state index in [1.165, 1.54) is 12.1 Å². The van der Waals surface area contributed by atoms with Crippen LogP contribution in [0.4, 0.5) is 5.69 Å². The lowest BCUT2D eigenvalue weighted by atomic mass is 10.2. The van der Waals surface area contributed by atoms with Gasteiger partial charge >= 0.3 is 5.97 Å². The fraction of sp³-hybridized carbons (Fsp3) is 0.0667. The summed E-state index contributed by atoms with van der Waals surface area (Å²) in [5.41, 5.74) is 0.612. The maximum atomic E-state index is 11.8. The molecular formula is C15H12BrNO4. The minimum absolute atomic E-state index is 0.00288. The van der Waals surface area contributed by atoms with Crippen LogP contribution in [0.3, 0.4) is 0 Å². The molecule has 0 aliphatic heterocycles. The van der Waals surface area contributed by atoms with Crippen molar-refractivity contribution >= 4 is 33.5 Å². The summed E-state index contributed by atoms with van der Waals surface area (Å²) in [7, 11) is 0. The molecule has 0 unspecified atom stereocenters. The number of hydrogen-bond acceptors (Lipinski definition) is 4. The van der Waals surface area contributed by atoms with Crippen LogP contribution in [-0.2, 0) is 9.53 Å². The molecule has 0 radical (unpaired) electrons. The molecule has 0 spiro atoms. The Bertz CT molecular complexity index is 658. The summed E-state index contributed by atoms with van der Waals surface area (Å²) in [6, 6.07) is 13.2. The normalized spacial score (nSPS) is 9.95. The highest BCUT2D eigenvalue weighted by atomic mass is 79.9. The highest BCUT2D eigenvalue weighted by Crippen LogP contribution is 2.22. The van der Waals surface area contributed by atoms with Gasteiger partial charge in [0.05, 0.1) is 0 Å². The Morgan fingerprint density at radius 3 is 2.57 bits per heavy atom. The number of amides is 1. The minimum Gasteiger partial charge on any atom is -0.507 e. The van der Waals surface area contributed by atoms with Crippen molar-refractivity contribution in [2.45, 2.75) is 0 Å². The quantitative estimate of drug-likeness (QED) is 0.832. The molecule has 21 heavy (non-hydrogen) atoms. The van der Waals surface area contributed by atoms with Gasteiger partial charge in [0.15, 0.2) is 6.61 Å². The molecule has 0 saturated heterocycles. The van der Waals surface area contributed by atoms with Crippen molar-refractivity contribution in [2.75, 3.05) is 11.9 Å². The molecule has 2 aromatic carbocycles. The van der Waals surface area contributed by atoms with Gasteiger partial charge in [0.1, 0.15) is 11.3 Å². The van der Waals surface area contributed by atoms with Gasteiger partial charge in [0.2, 0.25) is 0 Å². The predicted octanol–water partition coefficient (Wildman–Crippen LogP) is 2.95. The zero-order chi connectivity index (χ0) is 15.2. The Morgan fingerprint density at radius 1 is 1.14 bits per heavy atom. The molecule has 108 valence electrons. The average molecular weight is 350 g/mol. The Kier molecular flexibility index (Phi) is 4.94. The zero-order valence-corrected chi connectivity index (χ0v) is 12.5. The van der Waals surface area contributed by atoms with Crippen LogP contribution in [-0.4, -0.2) is 23.6 Å². The third-order valence-corrected chi connectivity index (χ3v) is 3.06. The van der Waals surface area contributed by atoms with Crippen molar-refractivity contribution in [2.24, 2.45) is 0 Å². The van der Waals surface area contributed by atoms with Gasteiger partial charge < -0.3 is 15.2 Å². The van der Waals surface area contributed by atoms with Crippen molar-refractivity contribution in [3.8, 4) is 5.75 Å². The van der Waals surface area contributed by atoms with E-state index in [-0.39, 0.29) is 11.3 Å². The molecule has 5 nitrogen and oxygen atoms in total. The Labute approximate surface area is 129 Å². The number of anilines is 1. The van der Waals surface area contributed by atoms with Crippen molar-refractivity contribution in [1.82, 2.24) is 0 Å². The van der Waals surface area contributed by atoms with E-state index in [4.69, 9.17) is 4.74 Å². The highest BCUT2D eigenvalue weighted by molar-refractivity contribution is 9.10. The Hall–Kier alpha value is -2.34. The topological polar surface area (TPSA) is 75.6 Å². The van der Waals surface area contributed by atoms with Crippen LogP contribution < -0.4 is 5.32 Å². The van der Waals surface area contributed by atoms with Crippen molar-refractivity contribution in [1.29, 1.82) is 0 Å². The first kappa shape index (κ1) is 15.1. The van der Waals surface area contributed by atoms with Gasteiger partial charge in [-0.25, -0.2) is 4.79 Å². The fourth-order valence-corrected chi connectivity index (χ4v) is 1.96. The summed E-state index contributed by atoms with van der Waals surface area (Å²) in [5, 5.41) is 12.2. The lowest BCUT2D eigenvalue weighted by Gasteiger charge is -2.07. The number of hydrogen-bond donors (Lipinski definition) is 2. The van der Waals surface area contributed by atoms with Gasteiger partial charge in [-0.3, -0.25) is 4.79 Å². The van der Waals surface area contributed by atoms with Gasteiger partial charge in [-0.15, -0.1) is 0 Å². The van der Waals surface area contributed by atoms with E-state index >= 15 is 0 Å². The fourth-order valence-electron chi connectivity index (χ4n) is 1.60. The SMILES string of the molecule is O=C(COC(=O)c1cc(Br)ccc1O)Nc1ccccc1. The number of benzene rings is 2. The molecule has 0 atom stereocenters. The number of halogens is 1. The predicted molar refractivity (Wildman–Crippen MR) is 81.2 cm³/mol. The number of phenols is 1. The summed E-state index contributed by atoms with van der Waals surface area (Å²) in [6.07, 6.45) is 0. The second kappa shape index (κ2) is 6.90. The number of phenolic OH excluding ortho intramolecular Hbond substituents is 1. The number of para-hydroxylation sites is 1. The van der Waals surface area contributed by atoms with Gasteiger partial charge in [-0.05, 0) is 30.3 Å². The maximum absolute atomic E-state index is 11.8. The summed E-state index contributed by atoms with van der Waals surface area (Å²) in [4.78, 5) is 23.4. The average Bonchev–Trinajstić information content (AvgIpc) is 2.48. The molecule has 0 aliphatic carbocycles. The minimum atomic E-state index is -0.767. The molecular weight excluding hydrogens is 338 g/mol. The lowest BCUT2D eigenvalue weighted by molar-refractivity contribution is -0.119. The third-order valence-electron chi connectivity index (χ3n) is 2.57. The monoisotopic (exact) mass is 349 g/mol. The van der Waals surface area contributed by atoms with Crippen LogP contribution in [0.2, 0.25) is 0 Å². The third kappa shape index (κ3) is 4.32. The van der Waals surface area contributed by atoms with Crippen molar-refractivity contribution < 1.29 is 19.4 Å². The van der Waals surface area contributed by atoms with E-state index < -0.39 is 18.5 Å². The summed E-state index contributed by atoms with van der Waals surface area (Å²) in [5.74, 6) is -1.42. The van der Waals surface area contributed by atoms with Gasteiger partial charge in [0, 0.05) is 10.2 Å². The first-order valence-electron chi connectivity index (χ1n) is 6.07. The van der Waals surface area contributed by atoms with Crippen LogP contribution >= 0.6 is 15.9 Å². The Morgan fingerprint density at radius 2 is 1.86 bits per heavy atom. The molecule has 1 amide bonds. The van der Waals surface area contributed by atoms with Crippen molar-refractivity contribution in [3.63, 3.8) is 0 Å². The van der Waals surface area contributed by atoms with Crippen LogP contribution in [0.15, 0.2) is 53.0 Å². The summed E-state index contributed by atoms with van der Waals surface area (Å²) >= 11 is 3.19. The van der Waals surface area contributed by atoms with Crippen LogP contribution in [0.25, 0.3) is 0 Å². The van der Waals surface area contributed by atoms with E-state index in [1.54, 1.807) is 30.3 Å². The largest absolute Gasteiger partial charge is 0.507 e. The molecule has 0 aliphatic rings. The van der Waals surface area contributed by atoms with E-state index in [2.05, 4.69) is 21.2 Å². The molecule has 2 rings (SSSR count). The molecule has 2 N–H and O–H groups in total. The smallest absolute Gasteiger partial charge is 0.342 e. The lowest BCUT2D eigenvalue weighted by Crippen LogP contribution is -2.20. The van der Waals surface area contributed by atoms with E-state index in [0.717, 1.165) is 0 Å². The van der Waals surface area contributed by atoms with E-state index in [0.29, 0.717) is 10.2 Å². The molecule has 0 aromatic heterocycles. The second-order valence-corrected chi connectivity index (χ2v) is 5.07. The van der Waals surface area contributed by atoms with E-state index in [1.807, 2.05) is 6.07 Å². The number of esters is 1. The number of carbonyl (C=O) groups is 2. The molecule has 0 heterocycles. The molecule has 0 bridgehead atoms. The summed E-state index contributed by atoms with van der Waals surface area (Å²) < 4.78 is 5.49. The maximum Gasteiger partial charge on any atom is 0.342 e. The second-order valence-electron chi connectivity index (χ2n) is 4.15. The molecule has 2 aromatic rings. The Balaban J connectivity index is 1.92. The zero-order valence-electron chi connectivity index (χ0n) is 10.9. The molecule has 0 fully saturated rings. The van der Waals surface area contributed by atoms with Gasteiger partial charge in [-0.1, -0.05) is 34.1 Å². The number of carbonyl (C=O) groups excluding carboxylic acids is 2. The molecule has 6 heteroatoms. The van der Waals surface area contributed by atoms with Crippen LogP contribution in [0.5, 0.6) is 5.75 Å². The van der Waals surface area contributed by atoms with Crippen molar-refractivity contribution in [3.05, 3.63) is 58.6 Å². The van der Waals surface area contributed by atoms with Crippen LogP contribution in [0, 0.1) is 0 Å². The number of rotatable bonds is 4. The van der Waals surface area contributed by atoms with Crippen LogP contribution in [0.1, 0.15) is 10.4 Å². The highest BCUT2D eigenvalue weighted by Gasteiger charge is 2.14. The van der Waals surface area contributed by atoms with E-state index in [9.17, 15) is 14.7 Å². The number of aromatic hydroxyl groups is 1. The standard InChI is InChI=1S/C15H12BrNO4/c16-10-6-7-13(18)12(8-10)15(20)21-9-14(19)17-11-4-2-1-3-5-11/h1-8,18H,9H2,(H,17,19). The van der Waals surface area contributed by atoms with Gasteiger partial charge in [-0.2, -0.15) is 0 Å². The number of nitrogens with one attached hydrogen (secondary N) is 1. The summed E-state index contributed by atoms with van der Waals surface area (Å²) in [6.45, 7) is -0.431. The first-order chi connectivity index (χ1) is 10.1. The number of ether oxygens (including phenoxy) is 1.